The Morgan fingerprint density at radius 1 is 0.886 bits per heavy atom. The van der Waals surface area contributed by atoms with E-state index in [1.54, 1.807) is 7.11 Å². The molecule has 0 amide bonds. The van der Waals surface area contributed by atoms with Crippen LogP contribution in [0.3, 0.4) is 0 Å². The van der Waals surface area contributed by atoms with E-state index in [1.807, 2.05) is 97.9 Å². The van der Waals surface area contributed by atoms with Gasteiger partial charge in [-0.05, 0) is 72.6 Å². The molecule has 0 aromatic heterocycles. The number of ether oxygens (including phenoxy) is 1. The van der Waals surface area contributed by atoms with Gasteiger partial charge in [-0.1, -0.05) is 55.0 Å². The van der Waals surface area contributed by atoms with Crippen molar-refractivity contribution in [3.8, 4) is 11.8 Å². The number of methoxy groups -OCH3 is 1. The highest BCUT2D eigenvalue weighted by atomic mass is 32.2. The van der Waals surface area contributed by atoms with E-state index in [2.05, 4.69) is 24.4 Å². The molecular weight excluding hydrogens is 452 g/mol. The van der Waals surface area contributed by atoms with Crippen LogP contribution < -0.4 is 10.1 Å². The molecule has 176 valence electrons. The largest absolute Gasteiger partial charge is 0.497 e. The Balaban J connectivity index is 1.73. The van der Waals surface area contributed by atoms with E-state index in [4.69, 9.17) is 4.74 Å². The van der Waals surface area contributed by atoms with Gasteiger partial charge in [-0.3, -0.25) is 0 Å². The van der Waals surface area contributed by atoms with Crippen LogP contribution >= 0.6 is 0 Å². The van der Waals surface area contributed by atoms with Gasteiger partial charge in [0.2, 0.25) is 0 Å². The smallest absolute Gasteiger partial charge is 0.119 e. The Bertz CT molecular complexity index is 1340. The molecule has 0 aliphatic rings. The van der Waals surface area contributed by atoms with Crippen molar-refractivity contribution in [3.05, 3.63) is 119 Å². The fourth-order valence-corrected chi connectivity index (χ4v) is 5.43. The summed E-state index contributed by atoms with van der Waals surface area (Å²) < 4.78 is 18.9. The fraction of sp³-hybridized carbons (Fsp3) is 0.167. The minimum absolute atomic E-state index is 0.0179. The molecule has 0 heterocycles. The number of nitrogens with one attached hydrogen (secondary N) is 1. The summed E-state index contributed by atoms with van der Waals surface area (Å²) in [6.45, 7) is 4.17. The maximum absolute atomic E-state index is 13.6. The van der Waals surface area contributed by atoms with Gasteiger partial charge >= 0.3 is 0 Å². The van der Waals surface area contributed by atoms with E-state index in [0.29, 0.717) is 5.56 Å². The average molecular weight is 481 g/mol. The molecule has 4 nitrogen and oxygen atoms in total. The second-order valence-electron chi connectivity index (χ2n) is 8.49. The zero-order valence-electron chi connectivity index (χ0n) is 20.1. The van der Waals surface area contributed by atoms with Crippen LogP contribution in [0, 0.1) is 18.3 Å². The average Bonchev–Trinajstić information content (AvgIpc) is 2.92. The third-order valence-corrected chi connectivity index (χ3v) is 7.63. The Morgan fingerprint density at radius 2 is 1.54 bits per heavy atom. The summed E-state index contributed by atoms with van der Waals surface area (Å²) in [4.78, 5) is 1.59. The first-order chi connectivity index (χ1) is 17.0. The maximum Gasteiger partial charge on any atom is 0.119 e. The van der Waals surface area contributed by atoms with Gasteiger partial charge in [0.1, 0.15) is 5.75 Å². The minimum atomic E-state index is -1.30. The molecule has 3 atom stereocenters. The van der Waals surface area contributed by atoms with Gasteiger partial charge in [0.05, 0.1) is 35.6 Å². The lowest BCUT2D eigenvalue weighted by atomic mass is 9.88. The summed E-state index contributed by atoms with van der Waals surface area (Å²) in [6, 6.07) is 33.3. The topological polar surface area (TPSA) is 62.1 Å². The predicted molar refractivity (Wildman–Crippen MR) is 141 cm³/mol. The zero-order valence-corrected chi connectivity index (χ0v) is 20.9. The van der Waals surface area contributed by atoms with Crippen molar-refractivity contribution in [3.63, 3.8) is 0 Å². The Labute approximate surface area is 209 Å². The molecule has 1 unspecified atom stereocenters. The molecule has 0 saturated carbocycles. The van der Waals surface area contributed by atoms with Crippen LogP contribution in [0.1, 0.15) is 41.1 Å². The Kier molecular flexibility index (Phi) is 7.64. The third-order valence-electron chi connectivity index (χ3n) is 6.16. The van der Waals surface area contributed by atoms with Crippen molar-refractivity contribution < 1.29 is 8.95 Å². The number of anilines is 1. The Morgan fingerprint density at radius 3 is 2.17 bits per heavy atom. The van der Waals surface area contributed by atoms with Crippen molar-refractivity contribution in [2.45, 2.75) is 35.6 Å². The molecule has 5 heteroatoms. The van der Waals surface area contributed by atoms with Crippen LogP contribution in [-0.4, -0.2) is 11.3 Å². The van der Waals surface area contributed by atoms with Crippen molar-refractivity contribution in [1.82, 2.24) is 0 Å². The summed E-state index contributed by atoms with van der Waals surface area (Å²) in [6.07, 6.45) is 0. The van der Waals surface area contributed by atoms with Crippen LogP contribution in [0.25, 0.3) is 0 Å². The number of benzene rings is 4. The Hall–Kier alpha value is -3.88. The van der Waals surface area contributed by atoms with Crippen LogP contribution in [0.2, 0.25) is 0 Å². The maximum atomic E-state index is 13.6. The van der Waals surface area contributed by atoms with Crippen LogP contribution in [0.5, 0.6) is 5.75 Å². The predicted octanol–water partition coefficient (Wildman–Crippen LogP) is 7.00. The first-order valence-corrected chi connectivity index (χ1v) is 12.6. The molecule has 0 fully saturated rings. The molecule has 1 N–H and O–H groups in total. The quantitative estimate of drug-likeness (QED) is 0.295. The molecule has 0 aliphatic heterocycles. The number of nitrogens with zero attached hydrogens (tertiary/aromatic N) is 1. The normalized spacial score (nSPS) is 13.3. The molecule has 0 saturated heterocycles. The fourth-order valence-electron chi connectivity index (χ4n) is 4.12. The van der Waals surface area contributed by atoms with Gasteiger partial charge in [0.25, 0.3) is 0 Å². The van der Waals surface area contributed by atoms with E-state index in [0.717, 1.165) is 37.9 Å². The van der Waals surface area contributed by atoms with E-state index in [-0.39, 0.29) is 12.0 Å². The molecule has 0 bridgehead atoms. The summed E-state index contributed by atoms with van der Waals surface area (Å²) in [7, 11) is 0.345. The van der Waals surface area contributed by atoms with Gasteiger partial charge in [-0.2, -0.15) is 5.26 Å². The first-order valence-electron chi connectivity index (χ1n) is 11.5. The van der Waals surface area contributed by atoms with Crippen molar-refractivity contribution in [1.29, 1.82) is 5.26 Å². The van der Waals surface area contributed by atoms with E-state index in [9.17, 15) is 9.47 Å². The number of nitriles is 1. The SMILES string of the molecule is COc1ccc(N[C@H](c2ccc(C#N)cc2)[C@@H](C)c2ccccc2S(=O)c2ccc(C)cc2)cc1. The van der Waals surface area contributed by atoms with E-state index >= 15 is 0 Å². The first kappa shape index (κ1) is 24.3. The number of aryl methyl sites for hydroxylation is 1. The van der Waals surface area contributed by atoms with Gasteiger partial charge in [-0.25, -0.2) is 4.21 Å². The lowest BCUT2D eigenvalue weighted by Gasteiger charge is -2.28. The molecule has 4 rings (SSSR count). The van der Waals surface area contributed by atoms with E-state index in [1.165, 1.54) is 0 Å². The van der Waals surface area contributed by atoms with Crippen molar-refractivity contribution >= 4 is 16.5 Å². The monoisotopic (exact) mass is 480 g/mol. The van der Waals surface area contributed by atoms with E-state index < -0.39 is 10.8 Å². The number of hydrogen-bond acceptors (Lipinski definition) is 4. The molecule has 0 spiro atoms. The third kappa shape index (κ3) is 5.62. The van der Waals surface area contributed by atoms with Crippen molar-refractivity contribution in [2.24, 2.45) is 0 Å². The second kappa shape index (κ2) is 11.0. The summed E-state index contributed by atoms with van der Waals surface area (Å²) >= 11 is 0. The highest BCUT2D eigenvalue weighted by Crippen LogP contribution is 2.37. The lowest BCUT2D eigenvalue weighted by molar-refractivity contribution is 0.415. The molecule has 0 radical (unpaired) electrons. The van der Waals surface area contributed by atoms with Crippen LogP contribution in [0.15, 0.2) is 107 Å². The molecule has 35 heavy (non-hydrogen) atoms. The van der Waals surface area contributed by atoms with Gasteiger partial charge in [0, 0.05) is 21.4 Å². The molecule has 4 aromatic carbocycles. The van der Waals surface area contributed by atoms with Gasteiger partial charge < -0.3 is 10.1 Å². The van der Waals surface area contributed by atoms with Crippen LogP contribution in [0.4, 0.5) is 5.69 Å². The summed E-state index contributed by atoms with van der Waals surface area (Å²) in [5, 5.41) is 12.9. The molecule has 4 aromatic rings. The van der Waals surface area contributed by atoms with Crippen molar-refractivity contribution in [2.75, 3.05) is 12.4 Å². The highest BCUT2D eigenvalue weighted by Gasteiger charge is 2.25. The number of rotatable bonds is 8. The lowest BCUT2D eigenvalue weighted by Crippen LogP contribution is -2.19. The summed E-state index contributed by atoms with van der Waals surface area (Å²) in [5.74, 6) is 0.771. The standard InChI is InChI=1S/C30H28N2O2S/c1-21-8-18-27(19-9-21)35(33)29-7-5-4-6-28(29)22(2)30(24-12-10-23(20-31)11-13-24)32-25-14-16-26(34-3)17-15-25/h4-19,22,30,32H,1-3H3/t22-,30-,35?/m0/s1. The molecule has 0 aliphatic carbocycles. The second-order valence-corrected chi connectivity index (χ2v) is 9.94. The van der Waals surface area contributed by atoms with Gasteiger partial charge in [0.15, 0.2) is 0 Å². The zero-order chi connectivity index (χ0) is 24.8. The highest BCUT2D eigenvalue weighted by molar-refractivity contribution is 7.85. The molecular formula is C30H28N2O2S. The van der Waals surface area contributed by atoms with Gasteiger partial charge in [-0.15, -0.1) is 0 Å². The summed E-state index contributed by atoms with van der Waals surface area (Å²) in [5.41, 5.74) is 4.76. The van der Waals surface area contributed by atoms with Crippen LogP contribution in [-0.2, 0) is 10.8 Å². The number of hydrogen-bond donors (Lipinski definition) is 1. The minimum Gasteiger partial charge on any atom is -0.497 e.